The van der Waals surface area contributed by atoms with E-state index >= 15 is 0 Å². The van der Waals surface area contributed by atoms with Crippen LogP contribution in [-0.4, -0.2) is 29.9 Å². The van der Waals surface area contributed by atoms with Crippen LogP contribution < -0.4 is 0 Å². The molecule has 0 saturated carbocycles. The smallest absolute Gasteiger partial charge is 0.213 e. The van der Waals surface area contributed by atoms with Gasteiger partial charge in [0.2, 0.25) is 5.79 Å². The van der Waals surface area contributed by atoms with E-state index in [9.17, 15) is 5.11 Å². The van der Waals surface area contributed by atoms with Gasteiger partial charge in [0.05, 0.1) is 13.2 Å². The number of aromatic nitrogens is 1. The zero-order valence-electron chi connectivity index (χ0n) is 9.76. The lowest BCUT2D eigenvalue weighted by Gasteiger charge is -2.28. The first-order valence-corrected chi connectivity index (χ1v) is 6.17. The van der Waals surface area contributed by atoms with Crippen molar-refractivity contribution in [3.8, 4) is 0 Å². The molecule has 1 fully saturated rings. The van der Waals surface area contributed by atoms with E-state index in [4.69, 9.17) is 9.47 Å². The van der Waals surface area contributed by atoms with Gasteiger partial charge in [-0.15, -0.1) is 0 Å². The van der Waals surface area contributed by atoms with Crippen molar-refractivity contribution in [2.24, 2.45) is 5.92 Å². The first-order chi connectivity index (χ1) is 8.34. The summed E-state index contributed by atoms with van der Waals surface area (Å²) in [4.78, 5) is 4.45. The molecule has 0 aromatic carbocycles. The number of hydrogen-bond acceptors (Lipinski definition) is 4. The summed E-state index contributed by atoms with van der Waals surface area (Å²) >= 11 is 0. The van der Waals surface area contributed by atoms with Gasteiger partial charge in [-0.05, 0) is 30.4 Å². The van der Waals surface area contributed by atoms with Crippen LogP contribution in [0.5, 0.6) is 0 Å². The number of ether oxygens (including phenoxy) is 2. The molecule has 17 heavy (non-hydrogen) atoms. The van der Waals surface area contributed by atoms with Crippen LogP contribution in [0.15, 0.2) is 18.3 Å². The molecule has 92 valence electrons. The van der Waals surface area contributed by atoms with E-state index in [1.807, 2.05) is 6.07 Å². The van der Waals surface area contributed by atoms with Gasteiger partial charge in [0.25, 0.3) is 0 Å². The molecule has 0 bridgehead atoms. The Labute approximate surface area is 101 Å². The fourth-order valence-corrected chi connectivity index (χ4v) is 2.79. The normalized spacial score (nSPS) is 26.8. The van der Waals surface area contributed by atoms with Crippen LogP contribution >= 0.6 is 0 Å². The molecular formula is C13H17NO3. The van der Waals surface area contributed by atoms with E-state index in [1.54, 1.807) is 6.20 Å². The van der Waals surface area contributed by atoms with E-state index < -0.39 is 5.79 Å². The first kappa shape index (κ1) is 11.1. The van der Waals surface area contributed by atoms with Crippen molar-refractivity contribution in [2.75, 3.05) is 19.8 Å². The van der Waals surface area contributed by atoms with Gasteiger partial charge < -0.3 is 14.6 Å². The molecule has 1 N–H and O–H groups in total. The average Bonchev–Trinajstić information content (AvgIpc) is 2.77. The Bertz CT molecular complexity index is 401. The van der Waals surface area contributed by atoms with Crippen molar-refractivity contribution in [2.45, 2.75) is 25.0 Å². The standard InChI is InChI=1S/C13H17NO3/c15-9-10-3-4-11-2-1-5-14-12(11)13(8-10)16-6-7-17-13/h1-2,5,10,15H,3-4,6-9H2. The molecule has 0 radical (unpaired) electrons. The summed E-state index contributed by atoms with van der Waals surface area (Å²) in [6.07, 6.45) is 4.38. The van der Waals surface area contributed by atoms with Crippen molar-refractivity contribution in [1.29, 1.82) is 0 Å². The van der Waals surface area contributed by atoms with E-state index in [2.05, 4.69) is 11.1 Å². The molecule has 1 aromatic heterocycles. The highest BCUT2D eigenvalue weighted by Crippen LogP contribution is 2.41. The van der Waals surface area contributed by atoms with Crippen LogP contribution in [0.25, 0.3) is 0 Å². The van der Waals surface area contributed by atoms with E-state index in [1.165, 1.54) is 5.56 Å². The molecule has 1 saturated heterocycles. The van der Waals surface area contributed by atoms with E-state index in [-0.39, 0.29) is 12.5 Å². The maximum absolute atomic E-state index is 9.41. The summed E-state index contributed by atoms with van der Waals surface area (Å²) in [5.41, 5.74) is 2.10. The second-order valence-corrected chi connectivity index (χ2v) is 4.75. The van der Waals surface area contributed by atoms with Crippen LogP contribution in [0.2, 0.25) is 0 Å². The minimum Gasteiger partial charge on any atom is -0.396 e. The van der Waals surface area contributed by atoms with E-state index in [0.29, 0.717) is 19.6 Å². The third kappa shape index (κ3) is 1.86. The molecule has 4 nitrogen and oxygen atoms in total. The molecule has 0 amide bonds. The van der Waals surface area contributed by atoms with Crippen LogP contribution in [0, 0.1) is 5.92 Å². The number of pyridine rings is 1. The fourth-order valence-electron chi connectivity index (χ4n) is 2.79. The van der Waals surface area contributed by atoms with Crippen LogP contribution in [0.3, 0.4) is 0 Å². The second kappa shape index (κ2) is 4.37. The van der Waals surface area contributed by atoms with Crippen LogP contribution in [-0.2, 0) is 21.7 Å². The molecule has 1 atom stereocenters. The molecule has 4 heteroatoms. The highest BCUT2D eigenvalue weighted by Gasteiger charge is 2.44. The summed E-state index contributed by atoms with van der Waals surface area (Å²) < 4.78 is 11.6. The molecule has 3 rings (SSSR count). The maximum Gasteiger partial charge on any atom is 0.213 e. The molecule has 1 spiro atoms. The van der Waals surface area contributed by atoms with Gasteiger partial charge in [-0.3, -0.25) is 4.98 Å². The second-order valence-electron chi connectivity index (χ2n) is 4.75. The molecule has 1 unspecified atom stereocenters. The number of nitrogens with zero attached hydrogens (tertiary/aromatic N) is 1. The lowest BCUT2D eigenvalue weighted by Crippen LogP contribution is -2.31. The van der Waals surface area contributed by atoms with Crippen LogP contribution in [0.4, 0.5) is 0 Å². The largest absolute Gasteiger partial charge is 0.396 e. The number of hydrogen-bond donors (Lipinski definition) is 1. The van der Waals surface area contributed by atoms with Crippen molar-refractivity contribution in [3.05, 3.63) is 29.6 Å². The Balaban J connectivity index is 2.03. The SMILES string of the molecule is OCC1CCc2cccnc2C2(C1)OCCO2. The van der Waals surface area contributed by atoms with Crippen molar-refractivity contribution in [1.82, 2.24) is 4.98 Å². The van der Waals surface area contributed by atoms with Crippen molar-refractivity contribution in [3.63, 3.8) is 0 Å². The lowest BCUT2D eigenvalue weighted by atomic mass is 9.97. The van der Waals surface area contributed by atoms with E-state index in [0.717, 1.165) is 18.5 Å². The van der Waals surface area contributed by atoms with Crippen LogP contribution in [0.1, 0.15) is 24.1 Å². The maximum atomic E-state index is 9.41. The first-order valence-electron chi connectivity index (χ1n) is 6.17. The topological polar surface area (TPSA) is 51.6 Å². The van der Waals surface area contributed by atoms with Crippen molar-refractivity contribution < 1.29 is 14.6 Å². The zero-order chi connectivity index (χ0) is 11.7. The van der Waals surface area contributed by atoms with Gasteiger partial charge >= 0.3 is 0 Å². The van der Waals surface area contributed by atoms with Gasteiger partial charge in [0.1, 0.15) is 5.69 Å². The minimum absolute atomic E-state index is 0.183. The predicted molar refractivity (Wildman–Crippen MR) is 61.3 cm³/mol. The molecule has 1 aromatic rings. The number of rotatable bonds is 1. The van der Waals surface area contributed by atoms with Gasteiger partial charge in [-0.1, -0.05) is 6.07 Å². The summed E-state index contributed by atoms with van der Waals surface area (Å²) in [6, 6.07) is 4.02. The number of aliphatic hydroxyl groups is 1. The number of fused-ring (bicyclic) bond motifs is 2. The quantitative estimate of drug-likeness (QED) is 0.795. The summed E-state index contributed by atoms with van der Waals surface area (Å²) in [5.74, 6) is -0.483. The summed E-state index contributed by atoms with van der Waals surface area (Å²) in [7, 11) is 0. The lowest BCUT2D eigenvalue weighted by molar-refractivity contribution is -0.182. The highest BCUT2D eigenvalue weighted by molar-refractivity contribution is 5.26. The number of aliphatic hydroxyl groups excluding tert-OH is 1. The molecule has 1 aliphatic heterocycles. The third-order valence-corrected chi connectivity index (χ3v) is 3.64. The Kier molecular flexibility index (Phi) is 2.86. The molecule has 2 heterocycles. The Hall–Kier alpha value is -0.970. The third-order valence-electron chi connectivity index (χ3n) is 3.64. The monoisotopic (exact) mass is 235 g/mol. The van der Waals surface area contributed by atoms with Crippen molar-refractivity contribution >= 4 is 0 Å². The Morgan fingerprint density at radius 3 is 3.00 bits per heavy atom. The Morgan fingerprint density at radius 1 is 1.41 bits per heavy atom. The molecule has 2 aliphatic rings. The average molecular weight is 235 g/mol. The van der Waals surface area contributed by atoms with Gasteiger partial charge in [-0.2, -0.15) is 0 Å². The molecule has 1 aliphatic carbocycles. The fraction of sp³-hybridized carbons (Fsp3) is 0.615. The van der Waals surface area contributed by atoms with Gasteiger partial charge in [-0.25, -0.2) is 0 Å². The summed E-state index contributed by atoms with van der Waals surface area (Å²) in [5, 5.41) is 9.41. The predicted octanol–water partition coefficient (Wildman–Crippen LogP) is 1.23. The Morgan fingerprint density at radius 2 is 2.24 bits per heavy atom. The minimum atomic E-state index is -0.708. The highest BCUT2D eigenvalue weighted by atomic mass is 16.7. The zero-order valence-corrected chi connectivity index (χ0v) is 9.76. The summed E-state index contributed by atoms with van der Waals surface area (Å²) in [6.45, 7) is 1.39. The molecular weight excluding hydrogens is 218 g/mol. The van der Waals surface area contributed by atoms with Gasteiger partial charge in [0.15, 0.2) is 0 Å². The van der Waals surface area contributed by atoms with Gasteiger partial charge in [0, 0.05) is 19.2 Å². The number of aryl methyl sites for hydroxylation is 1.